The molecule has 0 aliphatic heterocycles. The number of ether oxygens (including phenoxy) is 1. The molecule has 0 bridgehead atoms. The van der Waals surface area contributed by atoms with Crippen LogP contribution in [0.3, 0.4) is 0 Å². The summed E-state index contributed by atoms with van der Waals surface area (Å²) in [7, 11) is 0. The maximum absolute atomic E-state index is 15.4. The molecule has 6 nitrogen and oxygen atoms in total. The lowest BCUT2D eigenvalue weighted by atomic mass is 9.86. The normalized spacial score (nSPS) is 17.7. The molecule has 2 N–H and O–H groups in total. The van der Waals surface area contributed by atoms with Crippen LogP contribution in [0.25, 0.3) is 11.4 Å². The lowest BCUT2D eigenvalue weighted by Crippen LogP contribution is -2.34. The van der Waals surface area contributed by atoms with E-state index in [-0.39, 0.29) is 18.8 Å². The number of nitrogens with zero attached hydrogens (tertiary/aromatic N) is 1. The van der Waals surface area contributed by atoms with Crippen LogP contribution in [0, 0.1) is 23.4 Å². The Morgan fingerprint density at radius 3 is 2.24 bits per heavy atom. The second kappa shape index (κ2) is 12.2. The van der Waals surface area contributed by atoms with Gasteiger partial charge in [0, 0.05) is 24.1 Å². The fourth-order valence-electron chi connectivity index (χ4n) is 4.61. The van der Waals surface area contributed by atoms with Crippen molar-refractivity contribution in [2.75, 3.05) is 0 Å². The fourth-order valence-corrected chi connectivity index (χ4v) is 4.61. The van der Waals surface area contributed by atoms with E-state index in [1.54, 1.807) is 4.98 Å². The Kier molecular flexibility index (Phi) is 8.99. The highest BCUT2D eigenvalue weighted by atomic mass is 19.4. The predicted molar refractivity (Wildman–Crippen MR) is 129 cm³/mol. The zero-order chi connectivity index (χ0) is 30.8. The van der Waals surface area contributed by atoms with Crippen LogP contribution in [0.2, 0.25) is 0 Å². The lowest BCUT2D eigenvalue weighted by Gasteiger charge is -2.28. The average Bonchev–Trinajstić information content (AvgIpc) is 2.91. The van der Waals surface area contributed by atoms with Gasteiger partial charge in [0.15, 0.2) is 17.3 Å². The summed E-state index contributed by atoms with van der Waals surface area (Å²) in [4.78, 5) is 29.2. The van der Waals surface area contributed by atoms with E-state index in [0.29, 0.717) is 37.3 Å². The summed E-state index contributed by atoms with van der Waals surface area (Å²) in [5, 5.41) is 2.43. The van der Waals surface area contributed by atoms with Crippen molar-refractivity contribution >= 4 is 5.91 Å². The van der Waals surface area contributed by atoms with E-state index in [1.165, 1.54) is 6.07 Å². The Hall–Kier alpha value is -3.88. The molecular formula is C27H22F9N3O3. The maximum atomic E-state index is 15.4. The Morgan fingerprint density at radius 1 is 0.929 bits per heavy atom. The molecule has 0 spiro atoms. The Morgan fingerprint density at radius 2 is 1.62 bits per heavy atom. The smallest absolute Gasteiger partial charge is 0.374 e. The van der Waals surface area contributed by atoms with Gasteiger partial charge in [-0.15, -0.1) is 0 Å². The average molecular weight is 607 g/mol. The molecule has 2 aromatic carbocycles. The topological polar surface area (TPSA) is 84.1 Å². The van der Waals surface area contributed by atoms with Gasteiger partial charge >= 0.3 is 12.4 Å². The molecule has 226 valence electrons. The van der Waals surface area contributed by atoms with Gasteiger partial charge < -0.3 is 15.0 Å². The van der Waals surface area contributed by atoms with Gasteiger partial charge in [-0.25, -0.2) is 18.2 Å². The molecule has 4 rings (SSSR count). The number of aromatic nitrogens is 2. The van der Waals surface area contributed by atoms with Crippen LogP contribution in [0.1, 0.15) is 48.1 Å². The largest absolute Gasteiger partial charge is 0.433 e. The van der Waals surface area contributed by atoms with E-state index < -0.39 is 81.9 Å². The first-order valence-electron chi connectivity index (χ1n) is 12.5. The van der Waals surface area contributed by atoms with Crippen molar-refractivity contribution in [1.82, 2.24) is 15.3 Å². The van der Waals surface area contributed by atoms with Crippen molar-refractivity contribution in [2.24, 2.45) is 5.92 Å². The molecule has 1 heterocycles. The summed E-state index contributed by atoms with van der Waals surface area (Å²) >= 11 is 0. The highest BCUT2D eigenvalue weighted by Gasteiger charge is 2.39. The Labute approximate surface area is 231 Å². The zero-order valence-electron chi connectivity index (χ0n) is 21.4. The van der Waals surface area contributed by atoms with Crippen LogP contribution < -0.4 is 10.9 Å². The van der Waals surface area contributed by atoms with Crippen LogP contribution >= 0.6 is 0 Å². The second-order valence-corrected chi connectivity index (χ2v) is 9.69. The van der Waals surface area contributed by atoms with Crippen molar-refractivity contribution in [3.63, 3.8) is 0 Å². The SMILES string of the molecule is O=c1cc(C(F)(F)F)nc(-c2c(C(F)(F)F)ccc(CNC(=O)[C@H]3CC[C@H](OCc4ccc(F)c(F)c4)CC3)c2F)[nH]1. The molecule has 15 heteroatoms. The van der Waals surface area contributed by atoms with E-state index in [1.807, 2.05) is 0 Å². The molecule has 0 radical (unpaired) electrons. The lowest BCUT2D eigenvalue weighted by molar-refractivity contribution is -0.141. The molecule has 42 heavy (non-hydrogen) atoms. The van der Waals surface area contributed by atoms with Gasteiger partial charge in [0.1, 0.15) is 11.6 Å². The number of H-pyrrole nitrogens is 1. The first kappa shape index (κ1) is 31.1. The number of rotatable bonds is 7. The minimum atomic E-state index is -5.21. The molecule has 0 atom stereocenters. The number of carbonyl (C=O) groups excluding carboxylic acids is 1. The monoisotopic (exact) mass is 607 g/mol. The van der Waals surface area contributed by atoms with E-state index in [4.69, 9.17) is 4.74 Å². The Bertz CT molecular complexity index is 1510. The quantitative estimate of drug-likeness (QED) is 0.310. The third-order valence-corrected chi connectivity index (χ3v) is 6.76. The third-order valence-electron chi connectivity index (χ3n) is 6.76. The molecule has 1 amide bonds. The Balaban J connectivity index is 1.43. The summed E-state index contributed by atoms with van der Waals surface area (Å²) in [5.74, 6) is -5.93. The van der Waals surface area contributed by atoms with Crippen molar-refractivity contribution < 1.29 is 49.0 Å². The number of carbonyl (C=O) groups is 1. The van der Waals surface area contributed by atoms with Gasteiger partial charge in [-0.2, -0.15) is 26.3 Å². The molecule has 3 aromatic rings. The summed E-state index contributed by atoms with van der Waals surface area (Å²) in [6, 6.07) is 4.56. The number of nitrogens with one attached hydrogen (secondary N) is 2. The predicted octanol–water partition coefficient (Wildman–Crippen LogP) is 6.28. The first-order valence-corrected chi connectivity index (χ1v) is 12.5. The fraction of sp³-hybridized carbons (Fsp3) is 0.370. The van der Waals surface area contributed by atoms with E-state index in [2.05, 4.69) is 10.3 Å². The minimum Gasteiger partial charge on any atom is -0.374 e. The van der Waals surface area contributed by atoms with Crippen molar-refractivity contribution in [2.45, 2.75) is 57.3 Å². The zero-order valence-corrected chi connectivity index (χ0v) is 21.4. The molecular weight excluding hydrogens is 585 g/mol. The summed E-state index contributed by atoms with van der Waals surface area (Å²) in [5.41, 5.74) is -6.36. The molecule has 1 aliphatic carbocycles. The van der Waals surface area contributed by atoms with Crippen molar-refractivity contribution in [1.29, 1.82) is 0 Å². The van der Waals surface area contributed by atoms with Gasteiger partial charge in [-0.3, -0.25) is 9.59 Å². The highest BCUT2D eigenvalue weighted by molar-refractivity contribution is 5.78. The number of hydrogen-bond donors (Lipinski definition) is 2. The molecule has 1 fully saturated rings. The van der Waals surface area contributed by atoms with Crippen LogP contribution in [0.4, 0.5) is 39.5 Å². The standard InChI is InChI=1S/C27H22F9N3O3/c28-18-8-1-13(9-19(18)29)12-42-16-5-2-14(3-6-16)25(41)37-11-15-4-7-17(26(31,32)33)22(23(15)30)24-38-20(27(34,35)36)10-21(40)39-24/h1,4,7-10,14,16H,2-3,5-6,11-12H2,(H,37,41)(H,38,39,40)/t14-,16-. The van der Waals surface area contributed by atoms with Gasteiger partial charge in [-0.1, -0.05) is 12.1 Å². The van der Waals surface area contributed by atoms with Gasteiger partial charge in [0.05, 0.1) is 23.8 Å². The molecule has 0 unspecified atom stereocenters. The summed E-state index contributed by atoms with van der Waals surface area (Å²) in [6.45, 7) is -0.564. The third kappa shape index (κ3) is 7.30. The number of alkyl halides is 6. The number of aromatic amines is 1. The van der Waals surface area contributed by atoms with E-state index in [9.17, 15) is 44.7 Å². The van der Waals surface area contributed by atoms with Gasteiger partial charge in [-0.05, 0) is 49.4 Å². The van der Waals surface area contributed by atoms with Crippen molar-refractivity contribution in [3.05, 3.63) is 86.6 Å². The maximum Gasteiger partial charge on any atom is 0.433 e. The van der Waals surface area contributed by atoms with Gasteiger partial charge in [0.2, 0.25) is 5.91 Å². The second-order valence-electron chi connectivity index (χ2n) is 9.69. The number of halogens is 9. The van der Waals surface area contributed by atoms with Crippen LogP contribution in [-0.4, -0.2) is 22.0 Å². The van der Waals surface area contributed by atoms with Crippen LogP contribution in [-0.2, 0) is 35.0 Å². The van der Waals surface area contributed by atoms with Gasteiger partial charge in [0.25, 0.3) is 5.56 Å². The summed E-state index contributed by atoms with van der Waals surface area (Å²) in [6.07, 6.45) is -9.08. The summed E-state index contributed by atoms with van der Waals surface area (Å²) < 4.78 is 128. The first-order chi connectivity index (χ1) is 19.6. The minimum absolute atomic E-state index is 0.0280. The molecule has 1 aliphatic rings. The molecule has 1 aromatic heterocycles. The van der Waals surface area contributed by atoms with Crippen LogP contribution in [0.15, 0.2) is 41.2 Å². The molecule has 1 saturated carbocycles. The number of amides is 1. The number of hydrogen-bond acceptors (Lipinski definition) is 4. The number of benzene rings is 2. The van der Waals surface area contributed by atoms with Crippen LogP contribution in [0.5, 0.6) is 0 Å². The molecule has 0 saturated heterocycles. The van der Waals surface area contributed by atoms with Crippen molar-refractivity contribution in [3.8, 4) is 11.4 Å². The highest BCUT2D eigenvalue weighted by Crippen LogP contribution is 2.39. The van der Waals surface area contributed by atoms with E-state index >= 15 is 4.39 Å². The van der Waals surface area contributed by atoms with E-state index in [0.717, 1.165) is 18.2 Å².